The topological polar surface area (TPSA) is 77.3 Å². The third-order valence-electron chi connectivity index (χ3n) is 11.2. The van der Waals surface area contributed by atoms with Crippen molar-refractivity contribution in [3.63, 3.8) is 0 Å². The molecule has 3 aliphatic rings. The minimum absolute atomic E-state index is 0.108. The van der Waals surface area contributed by atoms with E-state index in [1.54, 1.807) is 0 Å². The molecule has 6 nitrogen and oxygen atoms in total. The summed E-state index contributed by atoms with van der Waals surface area (Å²) in [6.07, 6.45) is 16.1. The molecule has 3 aliphatic carbocycles. The van der Waals surface area contributed by atoms with Gasteiger partial charge in [-0.25, -0.2) is 29.9 Å². The lowest BCUT2D eigenvalue weighted by molar-refractivity contribution is 0.683. The molecule has 280 valence electrons. The summed E-state index contributed by atoms with van der Waals surface area (Å²) in [5.41, 5.74) is 18.3. The Kier molecular flexibility index (Phi) is 9.54. The third kappa shape index (κ3) is 7.27. The summed E-state index contributed by atoms with van der Waals surface area (Å²) in [6, 6.07) is 46.4. The minimum Gasteiger partial charge on any atom is -0.209 e. The normalized spacial score (nSPS) is 16.6. The quantitative estimate of drug-likeness (QED) is 0.144. The summed E-state index contributed by atoms with van der Waals surface area (Å²) < 4.78 is 0. The number of allylic oxidation sites excluding steroid dienone is 7. The molecule has 0 spiro atoms. The smallest absolute Gasteiger partial charge is 0.172 e. The highest BCUT2D eigenvalue weighted by Gasteiger charge is 2.31. The molecule has 0 saturated heterocycles. The van der Waals surface area contributed by atoms with Gasteiger partial charge in [0.2, 0.25) is 0 Å². The van der Waals surface area contributed by atoms with Crippen LogP contribution < -0.4 is 0 Å². The standard InChI is InChI=1S/C53H38N6/c1-35-45-25-15-14-24-44(45)34-46(36-26-30-42(31-27-36)52-56-48(38-16-6-2-7-17-38)54-49(57-52)39-18-8-3-9-19-39)47(35)37-28-32-43(33-29-37)53-58-50(40-20-10-4-11-21-40)55-51(59-53)41-22-12-5-13-23-41/h2-8,10-12,14-17,19-22,24-35,47H,13,23H2,1H3. The molecule has 2 atom stereocenters. The number of aromatic nitrogens is 6. The van der Waals surface area contributed by atoms with E-state index in [1.807, 2.05) is 66.8 Å². The van der Waals surface area contributed by atoms with Gasteiger partial charge in [-0.15, -0.1) is 11.5 Å². The number of nitrogens with zero attached hydrogens (tertiary/aromatic N) is 6. The maximum Gasteiger partial charge on any atom is 0.172 e. The van der Waals surface area contributed by atoms with Crippen LogP contribution in [0.5, 0.6) is 0 Å². The second kappa shape index (κ2) is 15.7. The molecule has 0 fully saturated rings. The van der Waals surface area contributed by atoms with Crippen molar-refractivity contribution in [2.45, 2.75) is 31.6 Å². The van der Waals surface area contributed by atoms with Gasteiger partial charge in [0.1, 0.15) is 0 Å². The van der Waals surface area contributed by atoms with Gasteiger partial charge in [-0.05, 0) is 70.4 Å². The SMILES string of the molecule is CC1c2ccccc2C=C(c2ccc(-c3nc(C4=C=CC=C=C4)nc(-c4ccccc4)n3)cc2)C1c1ccc(-c2nc(C3=CC=CCC3)nc(-c3ccccc3)n2)cc1. The molecule has 59 heavy (non-hydrogen) atoms. The first kappa shape index (κ1) is 35.8. The Bertz CT molecular complexity index is 2950. The van der Waals surface area contributed by atoms with Crippen molar-refractivity contribution < 1.29 is 0 Å². The van der Waals surface area contributed by atoms with E-state index in [0.717, 1.165) is 57.6 Å². The average molecular weight is 759 g/mol. The summed E-state index contributed by atoms with van der Waals surface area (Å²) in [7, 11) is 0. The summed E-state index contributed by atoms with van der Waals surface area (Å²) >= 11 is 0. The Morgan fingerprint density at radius 2 is 1.07 bits per heavy atom. The maximum atomic E-state index is 5.03. The molecule has 0 N–H and O–H groups in total. The van der Waals surface area contributed by atoms with Crippen molar-refractivity contribution >= 4 is 22.8 Å². The van der Waals surface area contributed by atoms with Gasteiger partial charge in [0, 0.05) is 28.2 Å². The first-order chi connectivity index (χ1) is 29.1. The monoisotopic (exact) mass is 758 g/mol. The zero-order valence-electron chi connectivity index (χ0n) is 32.5. The van der Waals surface area contributed by atoms with Crippen LogP contribution in [0.4, 0.5) is 0 Å². The van der Waals surface area contributed by atoms with E-state index in [4.69, 9.17) is 29.9 Å². The van der Waals surface area contributed by atoms with Crippen molar-refractivity contribution in [2.24, 2.45) is 0 Å². The molecule has 0 saturated carbocycles. The molecule has 7 aromatic rings. The Labute approximate surface area is 343 Å². The molecule has 5 aromatic carbocycles. The lowest BCUT2D eigenvalue weighted by atomic mass is 9.70. The fourth-order valence-corrected chi connectivity index (χ4v) is 8.12. The van der Waals surface area contributed by atoms with Crippen molar-refractivity contribution in [1.29, 1.82) is 0 Å². The highest BCUT2D eigenvalue weighted by atomic mass is 15.0. The first-order valence-electron chi connectivity index (χ1n) is 20.0. The van der Waals surface area contributed by atoms with Crippen molar-refractivity contribution in [1.82, 2.24) is 29.9 Å². The van der Waals surface area contributed by atoms with Crippen LogP contribution in [-0.4, -0.2) is 29.9 Å². The van der Waals surface area contributed by atoms with Crippen LogP contribution in [0.3, 0.4) is 0 Å². The summed E-state index contributed by atoms with van der Waals surface area (Å²) in [5.74, 6) is 4.20. The lowest BCUT2D eigenvalue weighted by Gasteiger charge is -2.33. The van der Waals surface area contributed by atoms with Gasteiger partial charge in [-0.3, -0.25) is 0 Å². The molecule has 0 amide bonds. The van der Waals surface area contributed by atoms with Crippen LogP contribution in [0.2, 0.25) is 0 Å². The van der Waals surface area contributed by atoms with Crippen molar-refractivity contribution in [3.05, 3.63) is 215 Å². The largest absolute Gasteiger partial charge is 0.209 e. The number of fused-ring (bicyclic) bond motifs is 1. The molecule has 10 rings (SSSR count). The van der Waals surface area contributed by atoms with Crippen molar-refractivity contribution in [3.8, 4) is 45.6 Å². The van der Waals surface area contributed by atoms with Gasteiger partial charge in [-0.2, -0.15) is 0 Å². The van der Waals surface area contributed by atoms with E-state index < -0.39 is 0 Å². The number of hydrogen-bond acceptors (Lipinski definition) is 6. The van der Waals surface area contributed by atoms with Crippen molar-refractivity contribution in [2.75, 3.05) is 0 Å². The molecule has 0 radical (unpaired) electrons. The molecule has 6 heteroatoms. The number of benzene rings is 5. The van der Waals surface area contributed by atoms with E-state index in [2.05, 4.69) is 128 Å². The van der Waals surface area contributed by atoms with E-state index in [-0.39, 0.29) is 11.8 Å². The Morgan fingerprint density at radius 3 is 1.66 bits per heavy atom. The minimum atomic E-state index is 0.108. The molecular formula is C53H38N6. The fraction of sp³-hybridized carbons (Fsp3) is 0.0943. The van der Waals surface area contributed by atoms with Gasteiger partial charge in [0.15, 0.2) is 34.9 Å². The van der Waals surface area contributed by atoms with Gasteiger partial charge in [-0.1, -0.05) is 165 Å². The highest BCUT2D eigenvalue weighted by molar-refractivity contribution is 5.90. The Hall–Kier alpha value is -7.62. The molecule has 2 unspecified atom stereocenters. The van der Waals surface area contributed by atoms with Crippen LogP contribution in [0, 0.1) is 0 Å². The zero-order chi connectivity index (χ0) is 39.5. The maximum absolute atomic E-state index is 5.03. The van der Waals surface area contributed by atoms with E-state index in [9.17, 15) is 0 Å². The third-order valence-corrected chi connectivity index (χ3v) is 11.2. The van der Waals surface area contributed by atoms with Gasteiger partial charge in [0.05, 0.1) is 5.57 Å². The lowest BCUT2D eigenvalue weighted by Crippen LogP contribution is -2.15. The van der Waals surface area contributed by atoms with Crippen LogP contribution in [0.15, 0.2) is 181 Å². The van der Waals surface area contributed by atoms with Crippen LogP contribution in [0.25, 0.3) is 68.3 Å². The van der Waals surface area contributed by atoms with Gasteiger partial charge < -0.3 is 0 Å². The summed E-state index contributed by atoms with van der Waals surface area (Å²) in [6.45, 7) is 2.34. The molecule has 0 aliphatic heterocycles. The fourth-order valence-electron chi connectivity index (χ4n) is 8.12. The Balaban J connectivity index is 1.02. The van der Waals surface area contributed by atoms with Gasteiger partial charge in [0.25, 0.3) is 0 Å². The molecule has 2 aromatic heterocycles. The van der Waals surface area contributed by atoms with Gasteiger partial charge >= 0.3 is 0 Å². The first-order valence-corrected chi connectivity index (χ1v) is 20.0. The van der Waals surface area contributed by atoms with Crippen LogP contribution in [-0.2, 0) is 0 Å². The summed E-state index contributed by atoms with van der Waals surface area (Å²) in [4.78, 5) is 29.7. The highest BCUT2D eigenvalue weighted by Crippen LogP contribution is 2.48. The number of rotatable bonds is 8. The second-order valence-corrected chi connectivity index (χ2v) is 14.9. The molecule has 2 heterocycles. The molecular weight excluding hydrogens is 721 g/mol. The summed E-state index contributed by atoms with van der Waals surface area (Å²) in [5, 5.41) is 0. The average Bonchev–Trinajstić information content (AvgIpc) is 3.32. The van der Waals surface area contributed by atoms with E-state index >= 15 is 0 Å². The Morgan fingerprint density at radius 1 is 0.525 bits per heavy atom. The predicted molar refractivity (Wildman–Crippen MR) is 237 cm³/mol. The number of hydrogen-bond donors (Lipinski definition) is 0. The van der Waals surface area contributed by atoms with E-state index in [0.29, 0.717) is 29.1 Å². The predicted octanol–water partition coefficient (Wildman–Crippen LogP) is 12.2. The van der Waals surface area contributed by atoms with E-state index in [1.165, 1.54) is 22.3 Å². The van der Waals surface area contributed by atoms with Crippen LogP contribution in [0.1, 0.15) is 65.5 Å². The second-order valence-electron chi connectivity index (χ2n) is 14.9. The zero-order valence-corrected chi connectivity index (χ0v) is 32.5. The molecule has 0 bridgehead atoms. The van der Waals surface area contributed by atoms with Crippen LogP contribution >= 0.6 is 0 Å².